The number of carboxylic acid groups (broad SMARTS) is 1. The van der Waals surface area contributed by atoms with Gasteiger partial charge in [0.1, 0.15) is 4.21 Å². The van der Waals surface area contributed by atoms with Crippen LogP contribution in [0.5, 0.6) is 0 Å². The average molecular weight is 325 g/mol. The van der Waals surface area contributed by atoms with Gasteiger partial charge in [-0.25, -0.2) is 13.1 Å². The van der Waals surface area contributed by atoms with Crippen molar-refractivity contribution in [3.05, 3.63) is 17.0 Å². The molecule has 108 valence electrons. The monoisotopic (exact) mass is 325 g/mol. The highest BCUT2D eigenvalue weighted by Crippen LogP contribution is 2.22. The van der Waals surface area contributed by atoms with Gasteiger partial charge in [0, 0.05) is 33.7 Å². The first-order chi connectivity index (χ1) is 8.70. The Hall–Kier alpha value is -0.770. The summed E-state index contributed by atoms with van der Waals surface area (Å²) in [5.74, 6) is -0.777. The Morgan fingerprint density at radius 1 is 1.53 bits per heavy atom. The smallest absolute Gasteiger partial charge is 0.308 e. The maximum atomic E-state index is 12.0. The van der Waals surface area contributed by atoms with Crippen molar-refractivity contribution in [1.29, 1.82) is 0 Å². The molecule has 1 aromatic rings. The molecule has 0 saturated carbocycles. The Balaban J connectivity index is 2.80. The Bertz CT molecular complexity index is 578. The second kappa shape index (κ2) is 6.60. The van der Waals surface area contributed by atoms with Crippen LogP contribution in [0.25, 0.3) is 0 Å². The maximum Gasteiger partial charge on any atom is 0.308 e. The highest BCUT2D eigenvalue weighted by molar-refractivity contribution is 7.91. The van der Waals surface area contributed by atoms with Crippen molar-refractivity contribution >= 4 is 38.1 Å². The largest absolute Gasteiger partial charge is 0.481 e. The van der Waals surface area contributed by atoms with Crippen LogP contribution >= 0.6 is 11.3 Å². The lowest BCUT2D eigenvalue weighted by molar-refractivity contribution is -0.136. The van der Waals surface area contributed by atoms with Gasteiger partial charge in [-0.15, -0.1) is 11.3 Å². The molecular weight excluding hydrogens is 310 g/mol. The SMILES string of the molecule is CC(CS(C)=O)NS(=O)(=O)c1ccc(CC(=O)O)s1. The molecule has 9 heteroatoms. The molecule has 2 N–H and O–H groups in total. The van der Waals surface area contributed by atoms with E-state index < -0.39 is 32.8 Å². The molecule has 2 unspecified atom stereocenters. The topological polar surface area (TPSA) is 101 Å². The molecule has 0 bridgehead atoms. The van der Waals surface area contributed by atoms with E-state index in [2.05, 4.69) is 4.72 Å². The number of sulfonamides is 1. The van der Waals surface area contributed by atoms with Crippen molar-refractivity contribution in [3.63, 3.8) is 0 Å². The summed E-state index contributed by atoms with van der Waals surface area (Å²) in [5.41, 5.74) is 0. The summed E-state index contributed by atoms with van der Waals surface area (Å²) in [4.78, 5) is 11.0. The van der Waals surface area contributed by atoms with E-state index in [1.807, 2.05) is 0 Å². The van der Waals surface area contributed by atoms with Gasteiger partial charge in [0.25, 0.3) is 0 Å². The molecule has 1 heterocycles. The van der Waals surface area contributed by atoms with Crippen LogP contribution in [0.2, 0.25) is 0 Å². The lowest BCUT2D eigenvalue weighted by atomic mass is 10.3. The van der Waals surface area contributed by atoms with E-state index in [1.54, 1.807) is 6.92 Å². The van der Waals surface area contributed by atoms with Crippen LogP contribution in [0.1, 0.15) is 11.8 Å². The minimum atomic E-state index is -3.68. The van der Waals surface area contributed by atoms with Crippen LogP contribution in [0, 0.1) is 0 Å². The van der Waals surface area contributed by atoms with Gasteiger partial charge in [-0.2, -0.15) is 0 Å². The predicted octanol–water partition coefficient (Wildman–Crippen LogP) is 0.420. The second-order valence-corrected chi connectivity index (χ2v) is 8.64. The molecule has 1 aromatic heterocycles. The molecular formula is C10H15NO5S3. The van der Waals surface area contributed by atoms with Gasteiger partial charge in [0.05, 0.1) is 6.42 Å². The van der Waals surface area contributed by atoms with E-state index in [-0.39, 0.29) is 16.4 Å². The molecule has 2 atom stereocenters. The van der Waals surface area contributed by atoms with Crippen molar-refractivity contribution in [2.45, 2.75) is 23.6 Å². The van der Waals surface area contributed by atoms with E-state index in [1.165, 1.54) is 18.4 Å². The fraction of sp³-hybridized carbons (Fsp3) is 0.500. The minimum absolute atomic E-state index is 0.0671. The third-order valence-electron chi connectivity index (χ3n) is 2.07. The standard InChI is InChI=1S/C10H15NO5S3/c1-7(6-18(2)14)11-19(15,16)10-4-3-8(17-10)5-9(12)13/h3-4,7,11H,5-6H2,1-2H3,(H,12,13). The van der Waals surface area contributed by atoms with Crippen molar-refractivity contribution in [3.8, 4) is 0 Å². The summed E-state index contributed by atoms with van der Waals surface area (Å²) in [6.45, 7) is 1.63. The van der Waals surface area contributed by atoms with Gasteiger partial charge in [-0.05, 0) is 19.1 Å². The Morgan fingerprint density at radius 3 is 2.68 bits per heavy atom. The van der Waals surface area contributed by atoms with Crippen LogP contribution in [-0.2, 0) is 32.0 Å². The fourth-order valence-corrected chi connectivity index (χ4v) is 4.96. The summed E-state index contributed by atoms with van der Waals surface area (Å²) in [6, 6.07) is 2.41. The van der Waals surface area contributed by atoms with E-state index in [0.717, 1.165) is 11.3 Å². The normalized spacial score (nSPS) is 15.1. The predicted molar refractivity (Wildman–Crippen MR) is 74.4 cm³/mol. The first-order valence-electron chi connectivity index (χ1n) is 5.33. The summed E-state index contributed by atoms with van der Waals surface area (Å²) in [5, 5.41) is 8.63. The molecule has 0 aliphatic rings. The average Bonchev–Trinajstić information content (AvgIpc) is 2.62. The van der Waals surface area contributed by atoms with Gasteiger partial charge >= 0.3 is 5.97 Å². The Morgan fingerprint density at radius 2 is 2.16 bits per heavy atom. The van der Waals surface area contributed by atoms with E-state index >= 15 is 0 Å². The second-order valence-electron chi connectivity index (χ2n) is 4.05. The molecule has 0 aromatic carbocycles. The summed E-state index contributed by atoms with van der Waals surface area (Å²) < 4.78 is 37.4. The molecule has 19 heavy (non-hydrogen) atoms. The molecule has 0 spiro atoms. The van der Waals surface area contributed by atoms with E-state index in [0.29, 0.717) is 4.88 Å². The quantitative estimate of drug-likeness (QED) is 0.757. The zero-order valence-corrected chi connectivity index (χ0v) is 12.9. The third kappa shape index (κ3) is 5.39. The lowest BCUT2D eigenvalue weighted by Gasteiger charge is -2.11. The molecule has 0 aliphatic heterocycles. The Kier molecular flexibility index (Phi) is 5.65. The fourth-order valence-electron chi connectivity index (χ4n) is 1.46. The molecule has 0 saturated heterocycles. The number of nitrogens with one attached hydrogen (secondary N) is 1. The molecule has 0 aliphatic carbocycles. The summed E-state index contributed by atoms with van der Waals surface area (Å²) in [6.07, 6.45) is 1.30. The lowest BCUT2D eigenvalue weighted by Crippen LogP contribution is -2.35. The number of hydrogen-bond donors (Lipinski definition) is 2. The number of hydrogen-bond acceptors (Lipinski definition) is 5. The van der Waals surface area contributed by atoms with Crippen molar-refractivity contribution in [1.82, 2.24) is 4.72 Å². The van der Waals surface area contributed by atoms with Crippen LogP contribution in [0.15, 0.2) is 16.3 Å². The van der Waals surface area contributed by atoms with Gasteiger partial charge < -0.3 is 5.11 Å². The number of carbonyl (C=O) groups is 1. The summed E-state index contributed by atoms with van der Waals surface area (Å²) in [7, 11) is -4.77. The van der Waals surface area contributed by atoms with Crippen LogP contribution in [-0.4, -0.2) is 41.8 Å². The van der Waals surface area contributed by atoms with Gasteiger partial charge in [-0.3, -0.25) is 9.00 Å². The van der Waals surface area contributed by atoms with Crippen LogP contribution in [0.4, 0.5) is 0 Å². The first-order valence-corrected chi connectivity index (χ1v) is 9.36. The van der Waals surface area contributed by atoms with E-state index in [4.69, 9.17) is 5.11 Å². The van der Waals surface area contributed by atoms with Crippen LogP contribution < -0.4 is 4.72 Å². The Labute approximate surface area is 118 Å². The minimum Gasteiger partial charge on any atom is -0.481 e. The molecule has 0 amide bonds. The first kappa shape index (κ1) is 16.3. The van der Waals surface area contributed by atoms with Gasteiger partial charge in [0.2, 0.25) is 10.0 Å². The van der Waals surface area contributed by atoms with Gasteiger partial charge in [-0.1, -0.05) is 0 Å². The molecule has 6 nitrogen and oxygen atoms in total. The van der Waals surface area contributed by atoms with Crippen LogP contribution in [0.3, 0.4) is 0 Å². The molecule has 0 radical (unpaired) electrons. The highest BCUT2D eigenvalue weighted by atomic mass is 32.2. The number of thiophene rings is 1. The zero-order chi connectivity index (χ0) is 14.6. The molecule has 1 rings (SSSR count). The van der Waals surface area contributed by atoms with Gasteiger partial charge in [0.15, 0.2) is 0 Å². The zero-order valence-electron chi connectivity index (χ0n) is 10.5. The number of aliphatic carboxylic acids is 1. The maximum absolute atomic E-state index is 12.0. The van der Waals surface area contributed by atoms with Crippen molar-refractivity contribution < 1.29 is 22.5 Å². The molecule has 0 fully saturated rings. The number of carboxylic acids is 1. The number of rotatable bonds is 7. The highest BCUT2D eigenvalue weighted by Gasteiger charge is 2.20. The third-order valence-corrected chi connectivity index (χ3v) is 6.20. The van der Waals surface area contributed by atoms with Crippen molar-refractivity contribution in [2.75, 3.05) is 12.0 Å². The summed E-state index contributed by atoms with van der Waals surface area (Å²) >= 11 is 0.922. The van der Waals surface area contributed by atoms with E-state index in [9.17, 15) is 17.4 Å². The van der Waals surface area contributed by atoms with Crippen molar-refractivity contribution in [2.24, 2.45) is 0 Å².